The van der Waals surface area contributed by atoms with Crippen LogP contribution in [-0.2, 0) is 44.3 Å². The van der Waals surface area contributed by atoms with Crippen molar-refractivity contribution in [3.63, 3.8) is 0 Å². The van der Waals surface area contributed by atoms with Gasteiger partial charge in [-0.15, -0.1) is 0 Å². The van der Waals surface area contributed by atoms with E-state index >= 15 is 0 Å². The molecule has 2 fully saturated rings. The maximum atomic E-state index is 6.53. The number of aryl methyl sites for hydroxylation is 4. The highest BCUT2D eigenvalue weighted by Gasteiger charge is 2.53. The number of hydrogen-bond acceptors (Lipinski definition) is 6. The van der Waals surface area contributed by atoms with Gasteiger partial charge in [-0.2, -0.15) is 0 Å². The Labute approximate surface area is 443 Å². The summed E-state index contributed by atoms with van der Waals surface area (Å²) in [5.74, 6) is 0. The van der Waals surface area contributed by atoms with Gasteiger partial charge >= 0.3 is 14.2 Å². The van der Waals surface area contributed by atoms with Gasteiger partial charge in [0, 0.05) is 50.3 Å². The fourth-order valence-corrected chi connectivity index (χ4v) is 12.1. The smallest absolute Gasteiger partial charge is 0.399 e. The van der Waals surface area contributed by atoms with Gasteiger partial charge in [0.25, 0.3) is 0 Å². The average Bonchev–Trinajstić information content (AvgIpc) is 3.95. The SMILES string of the molecule is CC1(C)OB(c2ccc(N(c3ccc4c(c3)CCCC4)c3ccc4c(c3)c3cc(N(c5ccc(B6OC(C)(C)C(C)(C)O6)cc5)c5ccc6c(c5)CCCC6)ccc3n4-c3cccc4ccccc34)cc2)OC1(C)C. The molecule has 0 bridgehead atoms. The first-order chi connectivity index (χ1) is 36.1. The third-order valence-corrected chi connectivity index (χ3v) is 17.8. The molecule has 0 spiro atoms. The maximum Gasteiger partial charge on any atom is 0.494 e. The molecule has 2 aliphatic carbocycles. The van der Waals surface area contributed by atoms with Crippen molar-refractivity contribution in [3.8, 4) is 5.69 Å². The second-order valence-corrected chi connectivity index (χ2v) is 23.6. The molecule has 1 aromatic heterocycles. The van der Waals surface area contributed by atoms with E-state index in [2.05, 4.69) is 234 Å². The van der Waals surface area contributed by atoms with Crippen molar-refractivity contribution in [2.75, 3.05) is 9.80 Å². The Morgan fingerprint density at radius 2 is 0.733 bits per heavy atom. The molecule has 376 valence electrons. The molecule has 13 rings (SSSR count). The largest absolute Gasteiger partial charge is 0.494 e. The van der Waals surface area contributed by atoms with Gasteiger partial charge in [0.15, 0.2) is 0 Å². The molecule has 3 heterocycles. The van der Waals surface area contributed by atoms with Crippen LogP contribution < -0.4 is 20.7 Å². The van der Waals surface area contributed by atoms with Crippen molar-refractivity contribution in [1.82, 2.24) is 4.57 Å². The molecule has 0 amide bonds. The molecule has 9 aromatic rings. The van der Waals surface area contributed by atoms with Crippen LogP contribution in [0.4, 0.5) is 34.1 Å². The Morgan fingerprint density at radius 3 is 1.19 bits per heavy atom. The molecule has 0 radical (unpaired) electrons. The Kier molecular flexibility index (Phi) is 11.5. The first-order valence-corrected chi connectivity index (χ1v) is 27.4. The van der Waals surface area contributed by atoms with Crippen LogP contribution in [0.25, 0.3) is 38.3 Å². The zero-order valence-electron chi connectivity index (χ0n) is 44.9. The predicted octanol–water partition coefficient (Wildman–Crippen LogP) is 15.2. The lowest BCUT2D eigenvalue weighted by molar-refractivity contribution is 0.00578. The molecule has 0 saturated carbocycles. The number of nitrogens with zero attached hydrogens (tertiary/aromatic N) is 3. The van der Waals surface area contributed by atoms with Crippen molar-refractivity contribution in [1.29, 1.82) is 0 Å². The van der Waals surface area contributed by atoms with Crippen LogP contribution in [0.3, 0.4) is 0 Å². The van der Waals surface area contributed by atoms with Crippen LogP contribution in [0, 0.1) is 0 Å². The van der Waals surface area contributed by atoms with Gasteiger partial charge in [-0.3, -0.25) is 0 Å². The summed E-state index contributed by atoms with van der Waals surface area (Å²) < 4.78 is 28.6. The van der Waals surface area contributed by atoms with E-state index in [0.717, 1.165) is 87.5 Å². The first-order valence-electron chi connectivity index (χ1n) is 27.4. The van der Waals surface area contributed by atoms with Crippen molar-refractivity contribution >= 4 is 91.9 Å². The van der Waals surface area contributed by atoms with Crippen LogP contribution in [-0.4, -0.2) is 41.2 Å². The van der Waals surface area contributed by atoms with Gasteiger partial charge in [-0.1, -0.05) is 72.8 Å². The maximum absolute atomic E-state index is 6.53. The Balaban J connectivity index is 0.993. The highest BCUT2D eigenvalue weighted by Crippen LogP contribution is 2.45. The van der Waals surface area contributed by atoms with Gasteiger partial charge in [0.2, 0.25) is 0 Å². The first kappa shape index (κ1) is 48.1. The minimum absolute atomic E-state index is 0.427. The minimum atomic E-state index is -0.444. The molecule has 4 aliphatic rings. The number of fused-ring (bicyclic) bond motifs is 6. The standard InChI is InChI=1S/C66H67B2N3O4/c1-63(2)64(3,4)73-67(72-63)49-26-32-51(33-27-49)69(53-30-24-44-16-9-11-19-47(44)40-53)55-36-38-61-58(42-55)59-43-56(37-39-62(59)71(61)60-23-15-21-46-18-13-14-22-57(46)60)70(54-31-25-45-17-10-12-20-48(45)41-54)52-34-28-50(29-35-52)68-74-65(5,6)66(7,8)75-68/h13-15,18,21-43H,9-12,16-17,19-20H2,1-8H3. The quantitative estimate of drug-likeness (QED) is 0.134. The third-order valence-electron chi connectivity index (χ3n) is 17.8. The Bertz CT molecular complexity index is 3440. The molecule has 8 aromatic carbocycles. The Hall–Kier alpha value is -6.61. The monoisotopic (exact) mass is 988 g/mol. The zero-order valence-corrected chi connectivity index (χ0v) is 44.9. The summed E-state index contributed by atoms with van der Waals surface area (Å²) in [4.78, 5) is 4.88. The van der Waals surface area contributed by atoms with Gasteiger partial charge < -0.3 is 33.0 Å². The van der Waals surface area contributed by atoms with Crippen molar-refractivity contribution < 1.29 is 18.6 Å². The van der Waals surface area contributed by atoms with Crippen LogP contribution in [0.1, 0.15) is 103 Å². The molecule has 2 aliphatic heterocycles. The minimum Gasteiger partial charge on any atom is -0.399 e. The number of anilines is 6. The summed E-state index contributed by atoms with van der Waals surface area (Å²) >= 11 is 0. The topological polar surface area (TPSA) is 48.3 Å². The molecule has 9 heteroatoms. The number of hydrogen-bond donors (Lipinski definition) is 0. The number of benzene rings is 8. The lowest BCUT2D eigenvalue weighted by atomic mass is 9.79. The van der Waals surface area contributed by atoms with E-state index in [1.165, 1.54) is 69.5 Å². The van der Waals surface area contributed by atoms with Gasteiger partial charge in [-0.05, 0) is 236 Å². The van der Waals surface area contributed by atoms with E-state index < -0.39 is 36.6 Å². The fraction of sp³-hybridized carbons (Fsp3) is 0.303. The summed E-state index contributed by atoms with van der Waals surface area (Å²) in [5, 5.41) is 4.78. The number of aromatic nitrogens is 1. The highest BCUT2D eigenvalue weighted by atomic mass is 16.7. The molecular formula is C66H67B2N3O4. The molecule has 0 atom stereocenters. The van der Waals surface area contributed by atoms with Crippen molar-refractivity contribution in [3.05, 3.63) is 186 Å². The Morgan fingerprint density at radius 1 is 0.360 bits per heavy atom. The third kappa shape index (κ3) is 8.29. The normalized spacial score (nSPS) is 18.4. The van der Waals surface area contributed by atoms with Crippen LogP contribution in [0.2, 0.25) is 0 Å². The van der Waals surface area contributed by atoms with Gasteiger partial charge in [0.05, 0.1) is 39.1 Å². The summed E-state index contributed by atoms with van der Waals surface area (Å²) in [5.41, 5.74) is 16.2. The number of rotatable bonds is 9. The lowest BCUT2D eigenvalue weighted by Crippen LogP contribution is -2.41. The van der Waals surface area contributed by atoms with E-state index in [9.17, 15) is 0 Å². The second-order valence-electron chi connectivity index (χ2n) is 23.6. The van der Waals surface area contributed by atoms with E-state index in [4.69, 9.17) is 18.6 Å². The van der Waals surface area contributed by atoms with E-state index in [1.807, 2.05) is 0 Å². The molecule has 75 heavy (non-hydrogen) atoms. The average molecular weight is 988 g/mol. The van der Waals surface area contributed by atoms with Gasteiger partial charge in [0.1, 0.15) is 0 Å². The predicted molar refractivity (Wildman–Crippen MR) is 312 cm³/mol. The summed E-state index contributed by atoms with van der Waals surface area (Å²) in [7, 11) is -0.887. The van der Waals surface area contributed by atoms with Crippen molar-refractivity contribution in [2.24, 2.45) is 0 Å². The van der Waals surface area contributed by atoms with E-state index in [-0.39, 0.29) is 0 Å². The zero-order chi connectivity index (χ0) is 51.4. The van der Waals surface area contributed by atoms with E-state index in [0.29, 0.717) is 0 Å². The highest BCUT2D eigenvalue weighted by molar-refractivity contribution is 6.62. The summed E-state index contributed by atoms with van der Waals surface area (Å²) in [6.45, 7) is 16.9. The molecule has 7 nitrogen and oxygen atoms in total. The second kappa shape index (κ2) is 18.0. The van der Waals surface area contributed by atoms with E-state index in [1.54, 1.807) is 0 Å². The molecular weight excluding hydrogens is 920 g/mol. The molecule has 0 unspecified atom stereocenters. The summed E-state index contributed by atoms with van der Waals surface area (Å²) in [6.07, 6.45) is 9.38. The van der Waals surface area contributed by atoms with Gasteiger partial charge in [-0.25, -0.2) is 0 Å². The van der Waals surface area contributed by atoms with Crippen LogP contribution in [0.5, 0.6) is 0 Å². The fourth-order valence-electron chi connectivity index (χ4n) is 12.1. The summed E-state index contributed by atoms with van der Waals surface area (Å²) in [6, 6.07) is 61.5. The lowest BCUT2D eigenvalue weighted by Gasteiger charge is -2.32. The van der Waals surface area contributed by atoms with Crippen molar-refractivity contribution in [2.45, 2.75) is 129 Å². The molecule has 0 N–H and O–H groups in total. The van der Waals surface area contributed by atoms with Crippen LogP contribution in [0.15, 0.2) is 164 Å². The van der Waals surface area contributed by atoms with Crippen LogP contribution >= 0.6 is 0 Å². The molecule has 2 saturated heterocycles.